The van der Waals surface area contributed by atoms with Gasteiger partial charge in [-0.25, -0.2) is 4.98 Å². The van der Waals surface area contributed by atoms with Crippen molar-refractivity contribution in [3.8, 4) is 5.88 Å². The quantitative estimate of drug-likeness (QED) is 0.800. The number of carbonyl (C=O) groups excluding carboxylic acids is 1. The van der Waals surface area contributed by atoms with E-state index in [1.165, 1.54) is 0 Å². The number of nitrogens with zero attached hydrogens (tertiary/aromatic N) is 1. The molecule has 0 saturated heterocycles. The number of pyridine rings is 1. The molecule has 0 spiro atoms. The number of aliphatic hydroxyl groups is 1. The highest BCUT2D eigenvalue weighted by molar-refractivity contribution is 6.35. The van der Waals surface area contributed by atoms with Crippen molar-refractivity contribution in [1.29, 1.82) is 0 Å². The summed E-state index contributed by atoms with van der Waals surface area (Å²) in [5.41, 5.74) is 1.54. The minimum absolute atomic E-state index is 0.0400. The van der Waals surface area contributed by atoms with Gasteiger partial charge >= 0.3 is 0 Å². The Hall–Kier alpha value is -1.33. The minimum atomic E-state index is -0.0400. The second kappa shape index (κ2) is 6.02. The number of aliphatic hydroxyl groups excluding tert-OH is 1. The summed E-state index contributed by atoms with van der Waals surface area (Å²) in [7, 11) is 0. The molecule has 0 aromatic carbocycles. The second-order valence-corrected chi connectivity index (χ2v) is 4.48. The van der Waals surface area contributed by atoms with Crippen LogP contribution in [0.25, 0.3) is 0 Å². The van der Waals surface area contributed by atoms with Gasteiger partial charge in [0.1, 0.15) is 5.02 Å². The van der Waals surface area contributed by atoms with Crippen LogP contribution in [0.5, 0.6) is 5.88 Å². The summed E-state index contributed by atoms with van der Waals surface area (Å²) in [6.07, 6.45) is 4.21. The Morgan fingerprint density at radius 1 is 1.44 bits per heavy atom. The maximum atomic E-state index is 11.3. The third-order valence-corrected chi connectivity index (χ3v) is 3.09. The number of rotatable bonds is 5. The summed E-state index contributed by atoms with van der Waals surface area (Å²) < 4.78 is 5.43. The molecule has 0 unspecified atom stereocenters. The number of aryl methyl sites for hydroxylation is 1. The lowest BCUT2D eigenvalue weighted by molar-refractivity contribution is -0.116. The Kier molecular flexibility index (Phi) is 4.38. The highest BCUT2D eigenvalue weighted by Gasteiger charge is 2.20. The molecule has 5 nitrogen and oxygen atoms in total. The fraction of sp³-hybridized carbons (Fsp3) is 0.500. The van der Waals surface area contributed by atoms with Gasteiger partial charge in [-0.1, -0.05) is 11.6 Å². The first-order valence-corrected chi connectivity index (χ1v) is 6.31. The average molecular weight is 271 g/mol. The highest BCUT2D eigenvalue weighted by atomic mass is 35.5. The van der Waals surface area contributed by atoms with E-state index in [0.717, 1.165) is 12.0 Å². The first kappa shape index (κ1) is 13.1. The van der Waals surface area contributed by atoms with Crippen LogP contribution >= 0.6 is 11.6 Å². The number of amides is 1. The van der Waals surface area contributed by atoms with Gasteiger partial charge in [0.2, 0.25) is 11.8 Å². The lowest BCUT2D eigenvalue weighted by atomic mass is 10.1. The number of anilines is 1. The van der Waals surface area contributed by atoms with Crippen LogP contribution in [-0.2, 0) is 11.2 Å². The van der Waals surface area contributed by atoms with Gasteiger partial charge in [0.25, 0.3) is 0 Å². The molecule has 1 aromatic rings. The summed E-state index contributed by atoms with van der Waals surface area (Å²) in [4.78, 5) is 15.5. The van der Waals surface area contributed by atoms with Crippen LogP contribution in [0.2, 0.25) is 5.02 Å². The van der Waals surface area contributed by atoms with Crippen molar-refractivity contribution in [3.63, 3.8) is 0 Å². The molecule has 0 aliphatic carbocycles. The largest absolute Gasteiger partial charge is 0.477 e. The van der Waals surface area contributed by atoms with Crippen LogP contribution in [0.3, 0.4) is 0 Å². The summed E-state index contributed by atoms with van der Waals surface area (Å²) >= 11 is 6.15. The summed E-state index contributed by atoms with van der Waals surface area (Å²) in [6.45, 7) is 0.588. The predicted octanol–water partition coefficient (Wildman–Crippen LogP) is 1.77. The number of carbonyl (C=O) groups is 1. The molecule has 0 radical (unpaired) electrons. The Labute approximate surface area is 110 Å². The van der Waals surface area contributed by atoms with Crippen molar-refractivity contribution in [2.24, 2.45) is 0 Å². The van der Waals surface area contributed by atoms with E-state index < -0.39 is 0 Å². The van der Waals surface area contributed by atoms with E-state index in [0.29, 0.717) is 42.5 Å². The smallest absolute Gasteiger partial charge is 0.234 e. The van der Waals surface area contributed by atoms with Crippen LogP contribution in [0.1, 0.15) is 24.8 Å². The molecule has 98 valence electrons. The number of hydrogen-bond acceptors (Lipinski definition) is 4. The first-order chi connectivity index (χ1) is 8.72. The molecule has 0 bridgehead atoms. The van der Waals surface area contributed by atoms with Crippen LogP contribution < -0.4 is 10.1 Å². The van der Waals surface area contributed by atoms with Crippen LogP contribution in [-0.4, -0.2) is 29.2 Å². The van der Waals surface area contributed by atoms with Gasteiger partial charge in [0.15, 0.2) is 0 Å². The van der Waals surface area contributed by atoms with Crippen LogP contribution in [0.15, 0.2) is 6.20 Å². The number of aromatic nitrogens is 1. The molecule has 0 atom stereocenters. The van der Waals surface area contributed by atoms with E-state index in [4.69, 9.17) is 21.4 Å². The minimum Gasteiger partial charge on any atom is -0.477 e. The molecule has 1 amide bonds. The van der Waals surface area contributed by atoms with E-state index in [1.54, 1.807) is 6.20 Å². The van der Waals surface area contributed by atoms with Crippen molar-refractivity contribution < 1.29 is 14.6 Å². The zero-order chi connectivity index (χ0) is 13.0. The van der Waals surface area contributed by atoms with Crippen molar-refractivity contribution in [2.45, 2.75) is 25.7 Å². The Balaban J connectivity index is 2.08. The number of halogens is 1. The predicted molar refractivity (Wildman–Crippen MR) is 68.0 cm³/mol. The number of fused-ring (bicyclic) bond motifs is 1. The van der Waals surface area contributed by atoms with Gasteiger partial charge in [-0.05, 0) is 24.8 Å². The van der Waals surface area contributed by atoms with Gasteiger partial charge in [0.05, 0.1) is 12.3 Å². The van der Waals surface area contributed by atoms with Crippen molar-refractivity contribution in [1.82, 2.24) is 4.98 Å². The van der Waals surface area contributed by atoms with Gasteiger partial charge < -0.3 is 15.2 Å². The fourth-order valence-electron chi connectivity index (χ4n) is 1.76. The SMILES string of the molecule is O=C1CCc2cnc(OCCCCO)c(Cl)c2N1. The molecule has 1 aliphatic rings. The Morgan fingerprint density at radius 3 is 3.06 bits per heavy atom. The van der Waals surface area contributed by atoms with Gasteiger partial charge in [-0.15, -0.1) is 0 Å². The summed E-state index contributed by atoms with van der Waals surface area (Å²) in [5, 5.41) is 11.8. The molecule has 0 fully saturated rings. The maximum Gasteiger partial charge on any atom is 0.234 e. The highest BCUT2D eigenvalue weighted by Crippen LogP contribution is 2.35. The number of unbranched alkanes of at least 4 members (excludes halogenated alkanes) is 1. The molecule has 2 rings (SSSR count). The normalized spacial score (nSPS) is 14.0. The molecule has 2 N–H and O–H groups in total. The van der Waals surface area contributed by atoms with Crippen molar-refractivity contribution in [2.75, 3.05) is 18.5 Å². The Morgan fingerprint density at radius 2 is 2.28 bits per heavy atom. The topological polar surface area (TPSA) is 71.5 Å². The molecular weight excluding hydrogens is 256 g/mol. The van der Waals surface area contributed by atoms with Gasteiger partial charge in [-0.2, -0.15) is 0 Å². The zero-order valence-corrected chi connectivity index (χ0v) is 10.7. The maximum absolute atomic E-state index is 11.3. The van der Waals surface area contributed by atoms with Crippen LogP contribution in [0.4, 0.5) is 5.69 Å². The zero-order valence-electron chi connectivity index (χ0n) is 9.91. The van der Waals surface area contributed by atoms with E-state index in [2.05, 4.69) is 10.3 Å². The number of hydrogen-bond donors (Lipinski definition) is 2. The lowest BCUT2D eigenvalue weighted by Gasteiger charge is -2.19. The van der Waals surface area contributed by atoms with E-state index in [-0.39, 0.29) is 12.5 Å². The van der Waals surface area contributed by atoms with Crippen molar-refractivity contribution >= 4 is 23.2 Å². The molecule has 18 heavy (non-hydrogen) atoms. The lowest BCUT2D eigenvalue weighted by Crippen LogP contribution is -2.20. The number of nitrogens with one attached hydrogen (secondary N) is 1. The third kappa shape index (κ3) is 2.91. The first-order valence-electron chi connectivity index (χ1n) is 5.93. The molecule has 0 saturated carbocycles. The molecule has 2 heterocycles. The van der Waals surface area contributed by atoms with Crippen molar-refractivity contribution in [3.05, 3.63) is 16.8 Å². The summed E-state index contributed by atoms with van der Waals surface area (Å²) in [6, 6.07) is 0. The van der Waals surface area contributed by atoms with Crippen LogP contribution in [0, 0.1) is 0 Å². The monoisotopic (exact) mass is 270 g/mol. The molecular formula is C12H15ClN2O3. The standard InChI is InChI=1S/C12H15ClN2O3/c13-10-11-8(3-4-9(17)15-11)7-14-12(10)18-6-2-1-5-16/h7,16H,1-6H2,(H,15,17). The molecule has 1 aliphatic heterocycles. The fourth-order valence-corrected chi connectivity index (χ4v) is 2.04. The van der Waals surface area contributed by atoms with E-state index >= 15 is 0 Å². The third-order valence-electron chi connectivity index (χ3n) is 2.74. The van der Waals surface area contributed by atoms with Gasteiger partial charge in [0, 0.05) is 19.2 Å². The Bertz CT molecular complexity index is 451. The van der Waals surface area contributed by atoms with E-state index in [9.17, 15) is 4.79 Å². The number of ether oxygens (including phenoxy) is 1. The van der Waals surface area contributed by atoms with Gasteiger partial charge in [-0.3, -0.25) is 4.79 Å². The van der Waals surface area contributed by atoms with E-state index in [1.807, 2.05) is 0 Å². The summed E-state index contributed by atoms with van der Waals surface area (Å²) in [5.74, 6) is 0.289. The molecule has 1 aromatic heterocycles. The second-order valence-electron chi connectivity index (χ2n) is 4.10. The molecule has 6 heteroatoms. The average Bonchev–Trinajstić information content (AvgIpc) is 2.38.